The van der Waals surface area contributed by atoms with Crippen LogP contribution in [0, 0.1) is 0 Å². The Morgan fingerprint density at radius 2 is 1.79 bits per heavy atom. The highest BCUT2D eigenvalue weighted by Crippen LogP contribution is 2.42. The monoisotopic (exact) mass is 428 g/mol. The average Bonchev–Trinajstić information content (AvgIpc) is 3.32. The Hall–Kier alpha value is -1.03. The molecule has 1 saturated carbocycles. The van der Waals surface area contributed by atoms with Crippen molar-refractivity contribution in [1.29, 1.82) is 0 Å². The van der Waals surface area contributed by atoms with Crippen molar-refractivity contribution in [2.75, 3.05) is 31.1 Å². The molecule has 1 aliphatic heterocycles. The summed E-state index contributed by atoms with van der Waals surface area (Å²) in [5.41, 5.74) is 0. The van der Waals surface area contributed by atoms with E-state index >= 15 is 0 Å². The molecule has 1 aliphatic carbocycles. The number of anilines is 1. The number of halogens is 1. The van der Waals surface area contributed by atoms with E-state index in [1.807, 2.05) is 6.07 Å². The molecule has 0 N–H and O–H groups in total. The highest BCUT2D eigenvalue weighted by molar-refractivity contribution is 9.10. The van der Waals surface area contributed by atoms with Crippen LogP contribution in [0.15, 0.2) is 33.6 Å². The Bertz CT molecular complexity index is 843. The maximum atomic E-state index is 12.8. The van der Waals surface area contributed by atoms with E-state index in [0.717, 1.165) is 10.1 Å². The van der Waals surface area contributed by atoms with E-state index in [4.69, 9.17) is 0 Å². The molecule has 128 valence electrons. The van der Waals surface area contributed by atoms with Gasteiger partial charge in [0.1, 0.15) is 5.01 Å². The van der Waals surface area contributed by atoms with Gasteiger partial charge in [-0.15, -0.1) is 10.2 Å². The predicted octanol–water partition coefficient (Wildman–Crippen LogP) is 2.69. The zero-order chi connectivity index (χ0) is 16.7. The standard InChI is InChI=1S/C15H17BrN4O2S2/c16-12-3-1-2-4-13(12)24(21,22)20-9-7-19(8-10-20)15-18-17-14(23-15)11-5-6-11/h1-4,11H,5-10H2. The lowest BCUT2D eigenvalue weighted by Gasteiger charge is -2.33. The molecule has 0 bridgehead atoms. The summed E-state index contributed by atoms with van der Waals surface area (Å²) in [6.07, 6.45) is 2.43. The second-order valence-corrected chi connectivity index (χ2v) is 9.77. The first-order valence-electron chi connectivity index (χ1n) is 7.89. The van der Waals surface area contributed by atoms with Gasteiger partial charge in [0, 0.05) is 36.6 Å². The zero-order valence-electron chi connectivity index (χ0n) is 12.9. The van der Waals surface area contributed by atoms with E-state index in [1.165, 1.54) is 12.8 Å². The second-order valence-electron chi connectivity index (χ2n) is 6.02. The Kier molecular flexibility index (Phi) is 4.36. The van der Waals surface area contributed by atoms with Crippen LogP contribution in [0.5, 0.6) is 0 Å². The summed E-state index contributed by atoms with van der Waals surface area (Å²) in [7, 11) is -3.47. The molecule has 24 heavy (non-hydrogen) atoms. The Morgan fingerprint density at radius 1 is 1.08 bits per heavy atom. The molecule has 0 spiro atoms. The minimum Gasteiger partial charge on any atom is -0.344 e. The molecule has 2 heterocycles. The van der Waals surface area contributed by atoms with Gasteiger partial charge >= 0.3 is 0 Å². The van der Waals surface area contributed by atoms with Gasteiger partial charge in [0.15, 0.2) is 0 Å². The minimum absolute atomic E-state index is 0.324. The topological polar surface area (TPSA) is 66.4 Å². The molecule has 0 unspecified atom stereocenters. The molecule has 1 aromatic carbocycles. The number of aromatic nitrogens is 2. The summed E-state index contributed by atoms with van der Waals surface area (Å²) in [5, 5.41) is 10.6. The number of nitrogens with zero attached hydrogens (tertiary/aromatic N) is 4. The molecule has 6 nitrogen and oxygen atoms in total. The molecular formula is C15H17BrN4O2S2. The SMILES string of the molecule is O=S(=O)(c1ccccc1Br)N1CCN(c2nnc(C3CC3)s2)CC1. The van der Waals surface area contributed by atoms with Gasteiger partial charge in [-0.1, -0.05) is 23.5 Å². The van der Waals surface area contributed by atoms with Crippen LogP contribution in [0.2, 0.25) is 0 Å². The number of piperazine rings is 1. The molecular weight excluding hydrogens is 412 g/mol. The third kappa shape index (κ3) is 3.10. The minimum atomic E-state index is -3.47. The summed E-state index contributed by atoms with van der Waals surface area (Å²) in [4.78, 5) is 2.46. The van der Waals surface area contributed by atoms with Crippen molar-refractivity contribution in [3.05, 3.63) is 33.7 Å². The van der Waals surface area contributed by atoms with Gasteiger partial charge in [0.2, 0.25) is 15.2 Å². The molecule has 0 amide bonds. The third-order valence-corrected chi connectivity index (χ3v) is 8.38. The number of hydrogen-bond acceptors (Lipinski definition) is 6. The van der Waals surface area contributed by atoms with Crippen LogP contribution in [0.25, 0.3) is 0 Å². The van der Waals surface area contributed by atoms with E-state index in [0.29, 0.717) is 41.5 Å². The fourth-order valence-corrected chi connectivity index (χ4v) is 6.21. The molecule has 2 fully saturated rings. The maximum absolute atomic E-state index is 12.8. The molecule has 1 aromatic heterocycles. The third-order valence-electron chi connectivity index (χ3n) is 4.32. The van der Waals surface area contributed by atoms with Crippen molar-refractivity contribution >= 4 is 42.4 Å². The van der Waals surface area contributed by atoms with Crippen LogP contribution in [0.3, 0.4) is 0 Å². The normalized spacial score (nSPS) is 19.6. The van der Waals surface area contributed by atoms with Crippen molar-refractivity contribution in [2.45, 2.75) is 23.7 Å². The van der Waals surface area contributed by atoms with Gasteiger partial charge in [0.05, 0.1) is 4.90 Å². The van der Waals surface area contributed by atoms with Crippen LogP contribution < -0.4 is 4.90 Å². The summed E-state index contributed by atoms with van der Waals surface area (Å²) < 4.78 is 27.8. The van der Waals surface area contributed by atoms with E-state index in [9.17, 15) is 8.42 Å². The summed E-state index contributed by atoms with van der Waals surface area (Å²) in [6.45, 7) is 2.20. The molecule has 4 rings (SSSR count). The van der Waals surface area contributed by atoms with Crippen molar-refractivity contribution < 1.29 is 8.42 Å². The van der Waals surface area contributed by atoms with Crippen molar-refractivity contribution in [1.82, 2.24) is 14.5 Å². The Balaban J connectivity index is 1.46. The van der Waals surface area contributed by atoms with Crippen molar-refractivity contribution in [2.24, 2.45) is 0 Å². The van der Waals surface area contributed by atoms with Crippen LogP contribution in [-0.4, -0.2) is 49.1 Å². The first kappa shape index (κ1) is 16.4. The lowest BCUT2D eigenvalue weighted by molar-refractivity contribution is 0.384. The Morgan fingerprint density at radius 3 is 2.46 bits per heavy atom. The first-order chi connectivity index (χ1) is 11.6. The molecule has 0 atom stereocenters. The first-order valence-corrected chi connectivity index (χ1v) is 10.9. The average molecular weight is 429 g/mol. The van der Waals surface area contributed by atoms with Crippen molar-refractivity contribution in [3.63, 3.8) is 0 Å². The van der Waals surface area contributed by atoms with Gasteiger partial charge in [0.25, 0.3) is 0 Å². The van der Waals surface area contributed by atoms with Crippen LogP contribution in [0.1, 0.15) is 23.8 Å². The fraction of sp³-hybridized carbons (Fsp3) is 0.467. The van der Waals surface area contributed by atoms with Crippen LogP contribution >= 0.6 is 27.3 Å². The highest BCUT2D eigenvalue weighted by Gasteiger charge is 2.32. The van der Waals surface area contributed by atoms with Gasteiger partial charge in [-0.05, 0) is 40.9 Å². The van der Waals surface area contributed by atoms with Gasteiger partial charge < -0.3 is 4.90 Å². The molecule has 9 heteroatoms. The van der Waals surface area contributed by atoms with E-state index < -0.39 is 10.0 Å². The lowest BCUT2D eigenvalue weighted by Crippen LogP contribution is -2.48. The second kappa shape index (κ2) is 6.36. The molecule has 1 saturated heterocycles. The smallest absolute Gasteiger partial charge is 0.244 e. The summed E-state index contributed by atoms with van der Waals surface area (Å²) in [6, 6.07) is 6.95. The summed E-state index contributed by atoms with van der Waals surface area (Å²) in [5.74, 6) is 0.605. The molecule has 0 radical (unpaired) electrons. The van der Waals surface area contributed by atoms with Gasteiger partial charge in [-0.25, -0.2) is 8.42 Å². The Labute approximate surface area is 153 Å². The van der Waals surface area contributed by atoms with Crippen LogP contribution in [-0.2, 0) is 10.0 Å². The van der Waals surface area contributed by atoms with E-state index in [1.54, 1.807) is 33.8 Å². The quantitative estimate of drug-likeness (QED) is 0.748. The highest BCUT2D eigenvalue weighted by atomic mass is 79.9. The fourth-order valence-electron chi connectivity index (χ4n) is 2.76. The molecule has 2 aliphatic rings. The largest absolute Gasteiger partial charge is 0.344 e. The predicted molar refractivity (Wildman–Crippen MR) is 97.0 cm³/mol. The molecule has 2 aromatic rings. The van der Waals surface area contributed by atoms with E-state index in [2.05, 4.69) is 31.0 Å². The van der Waals surface area contributed by atoms with Crippen LogP contribution in [0.4, 0.5) is 5.13 Å². The van der Waals surface area contributed by atoms with Gasteiger partial charge in [-0.3, -0.25) is 0 Å². The summed E-state index contributed by atoms with van der Waals surface area (Å²) >= 11 is 4.98. The number of hydrogen-bond donors (Lipinski definition) is 0. The lowest BCUT2D eigenvalue weighted by atomic mass is 10.4. The van der Waals surface area contributed by atoms with E-state index in [-0.39, 0.29) is 0 Å². The van der Waals surface area contributed by atoms with Crippen molar-refractivity contribution in [3.8, 4) is 0 Å². The maximum Gasteiger partial charge on any atom is 0.244 e. The van der Waals surface area contributed by atoms with Gasteiger partial charge in [-0.2, -0.15) is 4.31 Å². The number of benzene rings is 1. The zero-order valence-corrected chi connectivity index (χ0v) is 16.1. The number of sulfonamides is 1. The number of rotatable bonds is 4.